The summed E-state index contributed by atoms with van der Waals surface area (Å²) in [4.78, 5) is 40.5. The zero-order valence-electron chi connectivity index (χ0n) is 16.5. The van der Waals surface area contributed by atoms with Crippen LogP contribution in [-0.2, 0) is 19.1 Å². The smallest absolute Gasteiger partial charge is 0.308 e. The zero-order valence-corrected chi connectivity index (χ0v) is 17.3. The molecule has 0 bridgehead atoms. The van der Waals surface area contributed by atoms with Crippen molar-refractivity contribution in [1.29, 1.82) is 0 Å². The van der Waals surface area contributed by atoms with Crippen molar-refractivity contribution >= 4 is 35.2 Å². The second-order valence-electron chi connectivity index (χ2n) is 6.59. The Morgan fingerprint density at radius 3 is 2.41 bits per heavy atom. The van der Waals surface area contributed by atoms with Gasteiger partial charge in [0.1, 0.15) is 0 Å². The van der Waals surface area contributed by atoms with Gasteiger partial charge < -0.3 is 15.0 Å². The average molecular weight is 413 g/mol. The number of nitrogens with zero attached hydrogens (tertiary/aromatic N) is 1. The first-order valence-corrected chi connectivity index (χ1v) is 10.5. The molecule has 0 spiro atoms. The molecule has 0 unspecified atom stereocenters. The third-order valence-corrected chi connectivity index (χ3v) is 5.98. The molecule has 2 atom stereocenters. The Balaban J connectivity index is 1.73. The van der Waals surface area contributed by atoms with Gasteiger partial charge in [0, 0.05) is 23.5 Å². The lowest BCUT2D eigenvalue weighted by molar-refractivity contribution is -0.161. The third-order valence-electron chi connectivity index (χ3n) is 4.71. The highest BCUT2D eigenvalue weighted by Crippen LogP contribution is 2.37. The maximum absolute atomic E-state index is 12.9. The van der Waals surface area contributed by atoms with Gasteiger partial charge in [-0.05, 0) is 26.0 Å². The lowest BCUT2D eigenvalue weighted by Crippen LogP contribution is -2.37. The monoisotopic (exact) mass is 412 g/mol. The van der Waals surface area contributed by atoms with Crippen LogP contribution in [0.1, 0.15) is 31.9 Å². The summed E-state index contributed by atoms with van der Waals surface area (Å²) in [5.74, 6) is -1.08. The first-order valence-electron chi connectivity index (χ1n) is 9.63. The molecule has 0 saturated heterocycles. The molecule has 1 aliphatic heterocycles. The molecule has 29 heavy (non-hydrogen) atoms. The van der Waals surface area contributed by atoms with Crippen molar-refractivity contribution in [3.05, 3.63) is 60.2 Å². The number of hydrogen-bond acceptors (Lipinski definition) is 5. The number of para-hydroxylation sites is 1. The molecule has 1 N–H and O–H groups in total. The molecule has 152 valence electrons. The number of anilines is 1. The topological polar surface area (TPSA) is 75.7 Å². The molecule has 2 aromatic carbocycles. The fourth-order valence-electron chi connectivity index (χ4n) is 3.15. The number of carbonyl (C=O) groups is 3. The minimum Gasteiger partial charge on any atom is -0.447 e. The van der Waals surface area contributed by atoms with Crippen molar-refractivity contribution in [2.45, 2.75) is 36.5 Å². The van der Waals surface area contributed by atoms with E-state index in [1.807, 2.05) is 44.2 Å². The quantitative estimate of drug-likeness (QED) is 0.703. The van der Waals surface area contributed by atoms with Crippen LogP contribution in [0.15, 0.2) is 59.5 Å². The first-order chi connectivity index (χ1) is 14.0. The highest BCUT2D eigenvalue weighted by atomic mass is 32.2. The van der Waals surface area contributed by atoms with Crippen molar-refractivity contribution < 1.29 is 19.1 Å². The van der Waals surface area contributed by atoms with Crippen molar-refractivity contribution in [1.82, 2.24) is 4.90 Å². The van der Waals surface area contributed by atoms with Crippen LogP contribution >= 0.6 is 11.8 Å². The molecule has 0 fully saturated rings. The van der Waals surface area contributed by atoms with E-state index in [0.717, 1.165) is 10.6 Å². The second-order valence-corrected chi connectivity index (χ2v) is 7.83. The van der Waals surface area contributed by atoms with Crippen molar-refractivity contribution in [2.75, 3.05) is 18.4 Å². The molecule has 0 radical (unpaired) electrons. The van der Waals surface area contributed by atoms with E-state index >= 15 is 0 Å². The predicted molar refractivity (Wildman–Crippen MR) is 113 cm³/mol. The Bertz CT molecular complexity index is 883. The number of nitrogens with one attached hydrogen (secondary N) is 1. The van der Waals surface area contributed by atoms with Gasteiger partial charge in [0.25, 0.3) is 5.91 Å². The van der Waals surface area contributed by atoms with Crippen LogP contribution in [0.5, 0.6) is 0 Å². The Labute approximate surface area is 174 Å². The van der Waals surface area contributed by atoms with Crippen LogP contribution in [0.3, 0.4) is 0 Å². The van der Waals surface area contributed by atoms with Crippen LogP contribution in [0, 0.1) is 0 Å². The Morgan fingerprint density at radius 2 is 1.72 bits per heavy atom. The summed E-state index contributed by atoms with van der Waals surface area (Å²) in [6.07, 6.45) is -1.13. The number of carbonyl (C=O) groups excluding carboxylic acids is 3. The summed E-state index contributed by atoms with van der Waals surface area (Å²) in [6.45, 7) is 4.80. The summed E-state index contributed by atoms with van der Waals surface area (Å²) in [7, 11) is 0. The van der Waals surface area contributed by atoms with E-state index in [9.17, 15) is 14.4 Å². The van der Waals surface area contributed by atoms with Crippen molar-refractivity contribution in [3.8, 4) is 0 Å². The molecule has 7 heteroatoms. The number of rotatable bonds is 7. The molecule has 2 aromatic rings. The van der Waals surface area contributed by atoms with E-state index in [-0.39, 0.29) is 18.2 Å². The molecule has 0 saturated carbocycles. The predicted octanol–water partition coefficient (Wildman–Crippen LogP) is 3.64. The molecule has 2 amide bonds. The lowest BCUT2D eigenvalue weighted by atomic mass is 10.1. The number of thioether (sulfide) groups is 1. The Hall–Kier alpha value is -2.80. The number of fused-ring (bicyclic) bond motifs is 1. The highest BCUT2D eigenvalue weighted by molar-refractivity contribution is 8.01. The van der Waals surface area contributed by atoms with Crippen molar-refractivity contribution in [3.63, 3.8) is 0 Å². The van der Waals surface area contributed by atoms with Gasteiger partial charge >= 0.3 is 5.97 Å². The fraction of sp³-hybridized carbons (Fsp3) is 0.318. The highest BCUT2D eigenvalue weighted by Gasteiger charge is 2.33. The number of amides is 2. The first kappa shape index (κ1) is 20.9. The van der Waals surface area contributed by atoms with Gasteiger partial charge in [-0.25, -0.2) is 0 Å². The minimum atomic E-state index is -1.02. The van der Waals surface area contributed by atoms with Crippen LogP contribution < -0.4 is 5.32 Å². The van der Waals surface area contributed by atoms with Crippen LogP contribution in [0.4, 0.5) is 5.69 Å². The van der Waals surface area contributed by atoms with Crippen LogP contribution in [0.2, 0.25) is 0 Å². The number of likely N-dealkylation sites (N-methyl/N-ethyl adjacent to an activating group) is 1. The number of hydrogen-bond donors (Lipinski definition) is 1. The minimum absolute atomic E-state index is 0.111. The van der Waals surface area contributed by atoms with Gasteiger partial charge in [0.15, 0.2) is 0 Å². The fourth-order valence-corrected chi connectivity index (χ4v) is 4.24. The largest absolute Gasteiger partial charge is 0.447 e. The van der Waals surface area contributed by atoms with Gasteiger partial charge in [0.2, 0.25) is 12.0 Å². The SMILES string of the molecule is CCN(CC)C(=O)[C@H](OC(=O)C[C@H]1Sc2ccccc2NC1=O)c1ccccc1. The standard InChI is InChI=1S/C22H24N2O4S/c1-3-24(4-2)22(27)20(15-10-6-5-7-11-15)28-19(25)14-18-21(26)23-16-12-8-9-13-17(16)29-18/h5-13,18,20H,3-4,14H2,1-2H3,(H,23,26)/t18-,20-/m1/s1. The summed E-state index contributed by atoms with van der Waals surface area (Å²) in [6, 6.07) is 16.4. The van der Waals surface area contributed by atoms with Crippen LogP contribution in [0.25, 0.3) is 0 Å². The summed E-state index contributed by atoms with van der Waals surface area (Å²) < 4.78 is 5.60. The maximum atomic E-state index is 12.9. The van der Waals surface area contributed by atoms with E-state index in [4.69, 9.17) is 4.74 Å². The molecule has 1 heterocycles. The second kappa shape index (κ2) is 9.60. The van der Waals surface area contributed by atoms with E-state index in [1.54, 1.807) is 29.2 Å². The molecular formula is C22H24N2O4S. The molecular weight excluding hydrogens is 388 g/mol. The van der Waals surface area contributed by atoms with Gasteiger partial charge in [-0.3, -0.25) is 14.4 Å². The van der Waals surface area contributed by atoms with Crippen molar-refractivity contribution in [2.24, 2.45) is 0 Å². The van der Waals surface area contributed by atoms with Gasteiger partial charge in [-0.1, -0.05) is 42.5 Å². The number of ether oxygens (including phenoxy) is 1. The van der Waals surface area contributed by atoms with E-state index in [1.165, 1.54) is 11.8 Å². The number of esters is 1. The molecule has 0 aromatic heterocycles. The van der Waals surface area contributed by atoms with Gasteiger partial charge in [-0.15, -0.1) is 11.8 Å². The molecule has 3 rings (SSSR count). The van der Waals surface area contributed by atoms with E-state index in [0.29, 0.717) is 18.7 Å². The summed E-state index contributed by atoms with van der Waals surface area (Å²) in [5, 5.41) is 2.22. The van der Waals surface area contributed by atoms with E-state index in [2.05, 4.69) is 5.32 Å². The Morgan fingerprint density at radius 1 is 1.07 bits per heavy atom. The third kappa shape index (κ3) is 4.98. The summed E-state index contributed by atoms with van der Waals surface area (Å²) >= 11 is 1.33. The zero-order chi connectivity index (χ0) is 20.8. The molecule has 0 aliphatic carbocycles. The normalized spacial score (nSPS) is 16.3. The number of benzene rings is 2. The van der Waals surface area contributed by atoms with Gasteiger partial charge in [0.05, 0.1) is 17.4 Å². The molecule has 6 nitrogen and oxygen atoms in total. The Kier molecular flexibility index (Phi) is 6.93. The van der Waals surface area contributed by atoms with E-state index < -0.39 is 17.3 Å². The van der Waals surface area contributed by atoms with Crippen LogP contribution in [-0.4, -0.2) is 41.0 Å². The molecule has 1 aliphatic rings. The average Bonchev–Trinajstić information content (AvgIpc) is 2.74. The summed E-state index contributed by atoms with van der Waals surface area (Å²) in [5.41, 5.74) is 1.36. The van der Waals surface area contributed by atoms with Gasteiger partial charge in [-0.2, -0.15) is 0 Å². The maximum Gasteiger partial charge on any atom is 0.308 e. The lowest BCUT2D eigenvalue weighted by Gasteiger charge is -2.27.